The molecule has 1 atom stereocenters. The molecule has 3 heterocycles. The van der Waals surface area contributed by atoms with Crippen LogP contribution < -0.4 is 5.43 Å². The predicted octanol–water partition coefficient (Wildman–Crippen LogP) is 4.59. The molecule has 31 heavy (non-hydrogen) atoms. The molecule has 1 amide bonds. The number of likely N-dealkylation sites (tertiary alicyclic amines) is 1. The normalized spacial score (nSPS) is 16.9. The van der Waals surface area contributed by atoms with Crippen LogP contribution in [0.5, 0.6) is 0 Å². The molecule has 0 N–H and O–H groups in total. The lowest BCUT2D eigenvalue weighted by molar-refractivity contribution is 0.0647. The maximum atomic E-state index is 14.4. The Hall–Kier alpha value is -3.22. The molecule has 0 saturated carbocycles. The highest BCUT2D eigenvalue weighted by Gasteiger charge is 2.32. The van der Waals surface area contributed by atoms with E-state index >= 15 is 0 Å². The van der Waals surface area contributed by atoms with E-state index in [-0.39, 0.29) is 17.4 Å². The number of carbonyl (C=O) groups is 1. The van der Waals surface area contributed by atoms with E-state index in [0.29, 0.717) is 12.2 Å². The predicted molar refractivity (Wildman–Crippen MR) is 115 cm³/mol. The number of amides is 1. The minimum Gasteiger partial charge on any atom is -0.464 e. The van der Waals surface area contributed by atoms with Crippen molar-refractivity contribution in [1.29, 1.82) is 0 Å². The summed E-state index contributed by atoms with van der Waals surface area (Å²) in [4.78, 5) is 27.9. The topological polar surface area (TPSA) is 68.3 Å². The summed E-state index contributed by atoms with van der Waals surface area (Å²) in [6.07, 6.45) is 4.35. The minimum absolute atomic E-state index is 0.195. The van der Waals surface area contributed by atoms with Gasteiger partial charge in [-0.3, -0.25) is 9.59 Å². The Balaban J connectivity index is 1.75. The van der Waals surface area contributed by atoms with E-state index in [4.69, 9.17) is 4.42 Å². The first-order valence-electron chi connectivity index (χ1n) is 10.7. The van der Waals surface area contributed by atoms with Crippen LogP contribution in [0, 0.1) is 12.7 Å². The van der Waals surface area contributed by atoms with Crippen molar-refractivity contribution in [1.82, 2.24) is 14.7 Å². The van der Waals surface area contributed by atoms with E-state index in [1.165, 1.54) is 16.8 Å². The molecule has 0 aliphatic carbocycles. The monoisotopic (exact) mass is 423 g/mol. The van der Waals surface area contributed by atoms with Crippen LogP contribution in [0.15, 0.2) is 51.7 Å². The molecule has 1 aliphatic heterocycles. The third-order valence-corrected chi connectivity index (χ3v) is 5.76. The average Bonchev–Trinajstić information content (AvgIpc) is 3.11. The molecule has 1 aromatic carbocycles. The summed E-state index contributed by atoms with van der Waals surface area (Å²) in [6, 6.07) is 11.1. The van der Waals surface area contributed by atoms with Crippen molar-refractivity contribution >= 4 is 5.91 Å². The summed E-state index contributed by atoms with van der Waals surface area (Å²) < 4.78 is 21.6. The number of benzene rings is 1. The number of para-hydroxylation sites is 1. The fourth-order valence-electron chi connectivity index (χ4n) is 4.11. The van der Waals surface area contributed by atoms with E-state index in [1.54, 1.807) is 30.0 Å². The number of hydrogen-bond acceptors (Lipinski definition) is 4. The zero-order valence-electron chi connectivity index (χ0n) is 17.8. The number of hydrogen-bond donors (Lipinski definition) is 0. The van der Waals surface area contributed by atoms with Gasteiger partial charge in [0.15, 0.2) is 5.69 Å². The summed E-state index contributed by atoms with van der Waals surface area (Å²) in [7, 11) is 0. The standard InChI is InChI=1S/C24H26FN3O3/c1-3-17-12-13-22(31-17)20-11-5-4-8-14-27(20)24(30)23-21(29)15-16(2)28(26-23)19-10-7-6-9-18(19)25/h6-7,9-10,12-13,15,20H,3-5,8,11,14H2,1-2H3. The molecule has 1 fully saturated rings. The maximum absolute atomic E-state index is 14.4. The lowest BCUT2D eigenvalue weighted by atomic mass is 10.1. The number of carbonyl (C=O) groups excluding carboxylic acids is 1. The zero-order chi connectivity index (χ0) is 22.0. The number of rotatable bonds is 4. The summed E-state index contributed by atoms with van der Waals surface area (Å²) in [5.74, 6) is 0.669. The molecule has 1 unspecified atom stereocenters. The van der Waals surface area contributed by atoms with Crippen molar-refractivity contribution in [2.75, 3.05) is 6.54 Å². The van der Waals surface area contributed by atoms with E-state index in [9.17, 15) is 14.0 Å². The molecule has 0 bridgehead atoms. The van der Waals surface area contributed by atoms with Gasteiger partial charge in [0.05, 0.1) is 6.04 Å². The summed E-state index contributed by atoms with van der Waals surface area (Å²) in [5, 5.41) is 4.30. The molecule has 4 rings (SSSR count). The molecule has 2 aromatic heterocycles. The van der Waals surface area contributed by atoms with E-state index < -0.39 is 17.2 Å². The lowest BCUT2D eigenvalue weighted by Crippen LogP contribution is -2.38. The summed E-state index contributed by atoms with van der Waals surface area (Å²) in [6.45, 7) is 4.19. The fraction of sp³-hybridized carbons (Fsp3) is 0.375. The molecule has 1 aliphatic rings. The largest absolute Gasteiger partial charge is 0.464 e. The Morgan fingerprint density at radius 3 is 2.74 bits per heavy atom. The molecule has 162 valence electrons. The van der Waals surface area contributed by atoms with Crippen LogP contribution in [0.4, 0.5) is 4.39 Å². The van der Waals surface area contributed by atoms with Crippen LogP contribution in [0.1, 0.15) is 66.4 Å². The van der Waals surface area contributed by atoms with Gasteiger partial charge >= 0.3 is 0 Å². The highest BCUT2D eigenvalue weighted by atomic mass is 19.1. The van der Waals surface area contributed by atoms with Gasteiger partial charge in [0.25, 0.3) is 5.91 Å². The van der Waals surface area contributed by atoms with Crippen LogP contribution in [-0.2, 0) is 6.42 Å². The molecular weight excluding hydrogens is 397 g/mol. The molecule has 3 aromatic rings. The third kappa shape index (κ3) is 4.17. The molecular formula is C24H26FN3O3. The Morgan fingerprint density at radius 2 is 2.00 bits per heavy atom. The third-order valence-electron chi connectivity index (χ3n) is 5.76. The van der Waals surface area contributed by atoms with E-state index in [1.807, 2.05) is 19.1 Å². The first-order valence-corrected chi connectivity index (χ1v) is 10.7. The van der Waals surface area contributed by atoms with E-state index in [2.05, 4.69) is 5.10 Å². The van der Waals surface area contributed by atoms with Gasteiger partial charge in [0, 0.05) is 24.7 Å². The number of aryl methyl sites for hydroxylation is 2. The number of furan rings is 1. The number of halogens is 1. The second kappa shape index (κ2) is 8.88. The highest BCUT2D eigenvalue weighted by molar-refractivity contribution is 5.92. The number of aromatic nitrogens is 2. The first kappa shape index (κ1) is 21.0. The lowest BCUT2D eigenvalue weighted by Gasteiger charge is -2.28. The summed E-state index contributed by atoms with van der Waals surface area (Å²) in [5.41, 5.74) is -0.0208. The second-order valence-electron chi connectivity index (χ2n) is 7.88. The van der Waals surface area contributed by atoms with Gasteiger partial charge in [-0.1, -0.05) is 31.9 Å². The molecule has 7 heteroatoms. The van der Waals surface area contributed by atoms with Gasteiger partial charge in [0.1, 0.15) is 23.0 Å². The van der Waals surface area contributed by atoms with Crippen molar-refractivity contribution < 1.29 is 13.6 Å². The van der Waals surface area contributed by atoms with Gasteiger partial charge in [-0.25, -0.2) is 9.07 Å². The van der Waals surface area contributed by atoms with Crippen LogP contribution in [0.2, 0.25) is 0 Å². The zero-order valence-corrected chi connectivity index (χ0v) is 17.8. The maximum Gasteiger partial charge on any atom is 0.279 e. The SMILES string of the molecule is CCc1ccc(C2CCCCCN2C(=O)c2nn(-c3ccccc3F)c(C)cc2=O)o1. The smallest absolute Gasteiger partial charge is 0.279 e. The highest BCUT2D eigenvalue weighted by Crippen LogP contribution is 2.32. The Morgan fingerprint density at radius 1 is 1.19 bits per heavy atom. The summed E-state index contributed by atoms with van der Waals surface area (Å²) >= 11 is 0. The van der Waals surface area contributed by atoms with Gasteiger partial charge < -0.3 is 9.32 Å². The Labute approximate surface area is 180 Å². The van der Waals surface area contributed by atoms with E-state index in [0.717, 1.165) is 43.6 Å². The van der Waals surface area contributed by atoms with Crippen LogP contribution in [0.25, 0.3) is 5.69 Å². The Kier molecular flexibility index (Phi) is 6.02. The van der Waals surface area contributed by atoms with Crippen LogP contribution in [0.3, 0.4) is 0 Å². The molecule has 1 saturated heterocycles. The Bertz CT molecular complexity index is 1150. The van der Waals surface area contributed by atoms with Crippen LogP contribution >= 0.6 is 0 Å². The molecule has 0 spiro atoms. The van der Waals surface area contributed by atoms with Crippen LogP contribution in [-0.4, -0.2) is 27.1 Å². The van der Waals surface area contributed by atoms with Crippen molar-refractivity contribution in [3.8, 4) is 5.69 Å². The van der Waals surface area contributed by atoms with Gasteiger partial charge in [0.2, 0.25) is 5.43 Å². The first-order chi connectivity index (χ1) is 15.0. The van der Waals surface area contributed by atoms with Gasteiger partial charge in [-0.2, -0.15) is 5.10 Å². The van der Waals surface area contributed by atoms with Crippen molar-refractivity contribution in [2.24, 2.45) is 0 Å². The second-order valence-corrected chi connectivity index (χ2v) is 7.88. The minimum atomic E-state index is -0.476. The fourth-order valence-corrected chi connectivity index (χ4v) is 4.11. The van der Waals surface area contributed by atoms with Gasteiger partial charge in [-0.05, 0) is 44.0 Å². The molecule has 0 radical (unpaired) electrons. The van der Waals surface area contributed by atoms with Crippen molar-refractivity contribution in [3.63, 3.8) is 0 Å². The van der Waals surface area contributed by atoms with Crippen molar-refractivity contribution in [2.45, 2.75) is 52.0 Å². The average molecular weight is 423 g/mol. The van der Waals surface area contributed by atoms with Crippen molar-refractivity contribution in [3.05, 3.63) is 81.4 Å². The quantitative estimate of drug-likeness (QED) is 0.615. The number of nitrogens with zero attached hydrogens (tertiary/aromatic N) is 3. The molecule has 6 nitrogen and oxygen atoms in total. The van der Waals surface area contributed by atoms with Gasteiger partial charge in [-0.15, -0.1) is 0 Å².